The number of nitrogens with one attached hydrogen (secondary N) is 1. The Balaban J connectivity index is 2.06. The van der Waals surface area contributed by atoms with Gasteiger partial charge in [0.15, 0.2) is 0 Å². The lowest BCUT2D eigenvalue weighted by Gasteiger charge is -2.33. The third-order valence-electron chi connectivity index (χ3n) is 6.12. The molecule has 11 heteroatoms. The lowest BCUT2D eigenvalue weighted by atomic mass is 10.0. The first kappa shape index (κ1) is 29.4. The van der Waals surface area contributed by atoms with Gasteiger partial charge in [0.25, 0.3) is 0 Å². The Morgan fingerprint density at radius 1 is 0.949 bits per heavy atom. The third kappa shape index (κ3) is 7.70. The summed E-state index contributed by atoms with van der Waals surface area (Å²) in [5.74, 6) is -0.881. The molecule has 9 nitrogen and oxygen atoms in total. The van der Waals surface area contributed by atoms with Gasteiger partial charge in [0, 0.05) is 26.1 Å². The van der Waals surface area contributed by atoms with Crippen molar-refractivity contribution in [1.29, 1.82) is 0 Å². The number of ether oxygens (including phenoxy) is 2. The van der Waals surface area contributed by atoms with E-state index in [0.29, 0.717) is 11.3 Å². The highest BCUT2D eigenvalue weighted by atomic mass is 32.2. The van der Waals surface area contributed by atoms with Crippen molar-refractivity contribution >= 4 is 27.5 Å². The zero-order chi connectivity index (χ0) is 28.6. The molecule has 0 bridgehead atoms. The highest BCUT2D eigenvalue weighted by Crippen LogP contribution is 2.33. The number of anilines is 1. The van der Waals surface area contributed by atoms with Gasteiger partial charge in [-0.05, 0) is 35.4 Å². The highest BCUT2D eigenvalue weighted by Gasteiger charge is 2.33. The maximum Gasteiger partial charge on any atom is 0.244 e. The number of hydrogen-bond acceptors (Lipinski definition) is 6. The van der Waals surface area contributed by atoms with Crippen molar-refractivity contribution in [3.8, 4) is 11.5 Å². The number of benzene rings is 3. The van der Waals surface area contributed by atoms with E-state index in [-0.39, 0.29) is 24.4 Å². The van der Waals surface area contributed by atoms with E-state index in [9.17, 15) is 22.4 Å². The molecule has 1 atom stereocenters. The number of sulfonamides is 1. The Morgan fingerprint density at radius 3 is 2.18 bits per heavy atom. The van der Waals surface area contributed by atoms with Crippen molar-refractivity contribution in [3.05, 3.63) is 89.7 Å². The number of carbonyl (C=O) groups excluding carboxylic acids is 2. The van der Waals surface area contributed by atoms with E-state index in [2.05, 4.69) is 5.32 Å². The maximum absolute atomic E-state index is 13.9. The molecule has 0 aliphatic rings. The van der Waals surface area contributed by atoms with Gasteiger partial charge in [-0.25, -0.2) is 12.8 Å². The Hall–Kier alpha value is -4.12. The summed E-state index contributed by atoms with van der Waals surface area (Å²) in [6.07, 6.45) is 1.16. The molecule has 3 rings (SSSR count). The van der Waals surface area contributed by atoms with Crippen LogP contribution in [-0.4, -0.2) is 65.2 Å². The van der Waals surface area contributed by atoms with Gasteiger partial charge in [0.1, 0.15) is 29.9 Å². The summed E-state index contributed by atoms with van der Waals surface area (Å²) in [5, 5.41) is 2.60. The fourth-order valence-corrected chi connectivity index (χ4v) is 4.95. The van der Waals surface area contributed by atoms with E-state index in [4.69, 9.17) is 9.47 Å². The number of methoxy groups -OCH3 is 2. The molecule has 208 valence electrons. The van der Waals surface area contributed by atoms with Crippen LogP contribution in [-0.2, 0) is 32.6 Å². The summed E-state index contributed by atoms with van der Waals surface area (Å²) < 4.78 is 50.9. The van der Waals surface area contributed by atoms with Crippen molar-refractivity contribution < 1.29 is 31.9 Å². The van der Waals surface area contributed by atoms with Crippen LogP contribution in [0.15, 0.2) is 72.8 Å². The van der Waals surface area contributed by atoms with E-state index in [1.54, 1.807) is 6.07 Å². The first-order valence-electron chi connectivity index (χ1n) is 12.1. The van der Waals surface area contributed by atoms with Gasteiger partial charge in [0.2, 0.25) is 21.8 Å². The van der Waals surface area contributed by atoms with Crippen LogP contribution in [0.1, 0.15) is 11.1 Å². The van der Waals surface area contributed by atoms with Crippen molar-refractivity contribution in [2.45, 2.75) is 19.0 Å². The summed E-state index contributed by atoms with van der Waals surface area (Å²) in [6.45, 7) is -0.660. The second-order valence-electron chi connectivity index (χ2n) is 8.78. The summed E-state index contributed by atoms with van der Waals surface area (Å²) in [5.41, 5.74) is 1.51. The van der Waals surface area contributed by atoms with Crippen LogP contribution in [0.5, 0.6) is 11.5 Å². The molecule has 0 aliphatic heterocycles. The van der Waals surface area contributed by atoms with E-state index in [0.717, 1.165) is 16.1 Å². The number of amides is 2. The van der Waals surface area contributed by atoms with Crippen LogP contribution in [0.4, 0.5) is 10.1 Å². The van der Waals surface area contributed by atoms with E-state index in [1.165, 1.54) is 62.6 Å². The van der Waals surface area contributed by atoms with Gasteiger partial charge in [-0.3, -0.25) is 13.9 Å². The SMILES string of the molecule is CNC(=O)[C@H](Cc1ccccc1)N(Cc1ccc(F)cc1)C(=O)CN(c1ccc(OC)cc1OC)S(C)(=O)=O. The Bertz CT molecular complexity index is 1380. The molecule has 39 heavy (non-hydrogen) atoms. The molecule has 0 radical (unpaired) electrons. The molecule has 0 fully saturated rings. The number of nitrogens with zero attached hydrogens (tertiary/aromatic N) is 2. The van der Waals surface area contributed by atoms with Gasteiger partial charge >= 0.3 is 0 Å². The van der Waals surface area contributed by atoms with Gasteiger partial charge in [-0.1, -0.05) is 42.5 Å². The van der Waals surface area contributed by atoms with Gasteiger partial charge < -0.3 is 19.7 Å². The van der Waals surface area contributed by atoms with Gasteiger partial charge in [-0.15, -0.1) is 0 Å². The Morgan fingerprint density at radius 2 is 1.62 bits per heavy atom. The summed E-state index contributed by atoms with van der Waals surface area (Å²) in [6, 6.07) is 18.3. The van der Waals surface area contributed by atoms with Crippen molar-refractivity contribution in [2.75, 3.05) is 38.4 Å². The van der Waals surface area contributed by atoms with E-state index < -0.39 is 40.2 Å². The molecule has 0 aliphatic carbocycles. The van der Waals surface area contributed by atoms with Crippen molar-refractivity contribution in [3.63, 3.8) is 0 Å². The van der Waals surface area contributed by atoms with Crippen LogP contribution in [0, 0.1) is 5.82 Å². The van der Waals surface area contributed by atoms with Crippen LogP contribution in [0.25, 0.3) is 0 Å². The fourth-order valence-electron chi connectivity index (χ4n) is 4.09. The van der Waals surface area contributed by atoms with Crippen LogP contribution >= 0.6 is 0 Å². The minimum absolute atomic E-state index is 0.0542. The van der Waals surface area contributed by atoms with Gasteiger partial charge in [-0.2, -0.15) is 0 Å². The Kier molecular flexibility index (Phi) is 9.89. The molecule has 0 saturated carbocycles. The summed E-state index contributed by atoms with van der Waals surface area (Å²) >= 11 is 0. The number of rotatable bonds is 12. The molecule has 3 aromatic rings. The quantitative estimate of drug-likeness (QED) is 0.367. The Labute approximate surface area is 228 Å². The first-order chi connectivity index (χ1) is 18.6. The highest BCUT2D eigenvalue weighted by molar-refractivity contribution is 7.92. The predicted molar refractivity (Wildman–Crippen MR) is 147 cm³/mol. The normalized spacial score (nSPS) is 11.8. The van der Waals surface area contributed by atoms with Crippen LogP contribution in [0.3, 0.4) is 0 Å². The lowest BCUT2D eigenvalue weighted by molar-refractivity contribution is -0.139. The minimum atomic E-state index is -3.97. The zero-order valence-corrected chi connectivity index (χ0v) is 23.1. The average Bonchev–Trinajstić information content (AvgIpc) is 2.93. The smallest absolute Gasteiger partial charge is 0.244 e. The molecule has 0 unspecified atom stereocenters. The second-order valence-corrected chi connectivity index (χ2v) is 10.7. The third-order valence-corrected chi connectivity index (χ3v) is 7.24. The molecular weight excluding hydrogens is 525 g/mol. The van der Waals surface area contributed by atoms with Crippen LogP contribution < -0.4 is 19.1 Å². The second kappa shape index (κ2) is 13.1. The molecule has 0 saturated heterocycles. The first-order valence-corrected chi connectivity index (χ1v) is 13.9. The maximum atomic E-state index is 13.9. The van der Waals surface area contributed by atoms with Crippen molar-refractivity contribution in [2.24, 2.45) is 0 Å². The summed E-state index contributed by atoms with van der Waals surface area (Å²) in [4.78, 5) is 28.3. The standard InChI is InChI=1S/C28H32FN3O6S/c1-30-28(34)25(16-20-8-6-5-7-9-20)31(18-21-10-12-22(29)13-11-21)27(33)19-32(39(4,35)36)24-15-14-23(37-2)17-26(24)38-3/h5-15,17,25H,16,18-19H2,1-4H3,(H,30,34)/t25-/m0/s1. The number of hydrogen-bond donors (Lipinski definition) is 1. The van der Waals surface area contributed by atoms with E-state index >= 15 is 0 Å². The molecular formula is C28H32FN3O6S. The molecule has 0 heterocycles. The largest absolute Gasteiger partial charge is 0.497 e. The topological polar surface area (TPSA) is 105 Å². The number of halogens is 1. The predicted octanol–water partition coefficient (Wildman–Crippen LogP) is 3.00. The molecule has 0 spiro atoms. The monoisotopic (exact) mass is 557 g/mol. The fraction of sp³-hybridized carbons (Fsp3) is 0.286. The molecule has 3 aromatic carbocycles. The molecule has 2 amide bonds. The van der Waals surface area contributed by atoms with Crippen LogP contribution in [0.2, 0.25) is 0 Å². The van der Waals surface area contributed by atoms with E-state index in [1.807, 2.05) is 30.3 Å². The zero-order valence-electron chi connectivity index (χ0n) is 22.3. The molecule has 1 N–H and O–H groups in total. The number of likely N-dealkylation sites (N-methyl/N-ethyl adjacent to an activating group) is 1. The minimum Gasteiger partial charge on any atom is -0.497 e. The number of carbonyl (C=O) groups is 2. The molecule has 0 aromatic heterocycles. The van der Waals surface area contributed by atoms with Gasteiger partial charge in [0.05, 0.1) is 26.2 Å². The summed E-state index contributed by atoms with van der Waals surface area (Å²) in [7, 11) is 0.333. The average molecular weight is 558 g/mol. The van der Waals surface area contributed by atoms with Crippen molar-refractivity contribution in [1.82, 2.24) is 10.2 Å². The lowest BCUT2D eigenvalue weighted by Crippen LogP contribution is -2.52.